The van der Waals surface area contributed by atoms with Crippen LogP contribution < -0.4 is 26.0 Å². The van der Waals surface area contributed by atoms with Gasteiger partial charge in [-0.2, -0.15) is 0 Å². The van der Waals surface area contributed by atoms with Crippen LogP contribution >= 0.6 is 11.6 Å². The molecule has 1 aromatic carbocycles. The van der Waals surface area contributed by atoms with Gasteiger partial charge < -0.3 is 26.0 Å². The third kappa shape index (κ3) is 9.87. The topological polar surface area (TPSA) is 126 Å². The van der Waals surface area contributed by atoms with Crippen molar-refractivity contribution in [1.29, 1.82) is 0 Å². The van der Waals surface area contributed by atoms with Gasteiger partial charge in [0.25, 0.3) is 5.91 Å². The molecule has 0 bridgehead atoms. The molecule has 1 aliphatic rings. The maximum absolute atomic E-state index is 13.0. The molecule has 1 saturated carbocycles. The van der Waals surface area contributed by atoms with Crippen LogP contribution in [0.5, 0.6) is 5.75 Å². The molecule has 0 aliphatic heterocycles. The normalized spacial score (nSPS) is 15.4. The standard InChI is InChI=1S/C27H41ClN4O5/c1-5-21(23(33)26(35)29-16-19-12-9-13-20(28)24(19)37-4)31-25(34)22(14-17(2)3)32-27(36)30-15-18-10-7-6-8-11-18/h9,12-13,17-18,21-22H,5-8,10-11,14-16H2,1-4H3,(H,29,35)(H,31,34)(H2,30,32,36)/t21?,22-/m0/s1. The van der Waals surface area contributed by atoms with Gasteiger partial charge in [-0.3, -0.25) is 14.4 Å². The van der Waals surface area contributed by atoms with E-state index in [0.717, 1.165) is 12.8 Å². The summed E-state index contributed by atoms with van der Waals surface area (Å²) in [6.07, 6.45) is 6.42. The van der Waals surface area contributed by atoms with E-state index in [1.807, 2.05) is 13.8 Å². The zero-order valence-corrected chi connectivity index (χ0v) is 23.1. The predicted molar refractivity (Wildman–Crippen MR) is 143 cm³/mol. The summed E-state index contributed by atoms with van der Waals surface area (Å²) < 4.78 is 5.27. The lowest BCUT2D eigenvalue weighted by Gasteiger charge is -2.25. The summed E-state index contributed by atoms with van der Waals surface area (Å²) in [5.74, 6) is -1.08. The zero-order chi connectivity index (χ0) is 27.4. The van der Waals surface area contributed by atoms with Gasteiger partial charge in [0.1, 0.15) is 11.8 Å². The van der Waals surface area contributed by atoms with Crippen molar-refractivity contribution < 1.29 is 23.9 Å². The number of carbonyl (C=O) groups excluding carboxylic acids is 4. The molecule has 0 spiro atoms. The van der Waals surface area contributed by atoms with Gasteiger partial charge in [-0.25, -0.2) is 4.79 Å². The summed E-state index contributed by atoms with van der Waals surface area (Å²) in [4.78, 5) is 51.0. The van der Waals surface area contributed by atoms with Crippen molar-refractivity contribution in [2.24, 2.45) is 11.8 Å². The van der Waals surface area contributed by atoms with Crippen molar-refractivity contribution in [3.05, 3.63) is 28.8 Å². The second-order valence-electron chi connectivity index (χ2n) is 9.99. The third-order valence-corrected chi connectivity index (χ3v) is 6.86. The van der Waals surface area contributed by atoms with E-state index in [2.05, 4.69) is 21.3 Å². The maximum atomic E-state index is 13.0. The van der Waals surface area contributed by atoms with Gasteiger partial charge in [0.05, 0.1) is 18.2 Å². The summed E-state index contributed by atoms with van der Waals surface area (Å²) in [6.45, 7) is 6.22. The number of hydrogen-bond acceptors (Lipinski definition) is 5. The van der Waals surface area contributed by atoms with Crippen LogP contribution in [0.4, 0.5) is 4.79 Å². The Kier molecular flexibility index (Phi) is 12.7. The number of methoxy groups -OCH3 is 1. The average Bonchev–Trinajstić information content (AvgIpc) is 2.88. The first-order chi connectivity index (χ1) is 17.7. The molecule has 206 valence electrons. The van der Waals surface area contributed by atoms with E-state index in [-0.39, 0.29) is 18.9 Å². The molecule has 10 heteroatoms. The fourth-order valence-electron chi connectivity index (χ4n) is 4.51. The number of para-hydroxylation sites is 1. The molecule has 1 aliphatic carbocycles. The van der Waals surface area contributed by atoms with Crippen molar-refractivity contribution in [1.82, 2.24) is 21.3 Å². The highest BCUT2D eigenvalue weighted by Gasteiger charge is 2.30. The molecular weight excluding hydrogens is 496 g/mol. The van der Waals surface area contributed by atoms with Crippen LogP contribution in [0.2, 0.25) is 5.02 Å². The van der Waals surface area contributed by atoms with Gasteiger partial charge in [-0.15, -0.1) is 0 Å². The van der Waals surface area contributed by atoms with E-state index < -0.39 is 35.7 Å². The molecule has 37 heavy (non-hydrogen) atoms. The highest BCUT2D eigenvalue weighted by Crippen LogP contribution is 2.28. The number of hydrogen-bond donors (Lipinski definition) is 4. The summed E-state index contributed by atoms with van der Waals surface area (Å²) in [5.41, 5.74) is 0.619. The van der Waals surface area contributed by atoms with Crippen LogP contribution in [-0.4, -0.2) is 49.4 Å². The van der Waals surface area contributed by atoms with E-state index in [1.54, 1.807) is 25.1 Å². The van der Waals surface area contributed by atoms with Crippen LogP contribution in [0.15, 0.2) is 18.2 Å². The van der Waals surface area contributed by atoms with Crippen LogP contribution in [0.3, 0.4) is 0 Å². The number of urea groups is 1. The van der Waals surface area contributed by atoms with Crippen molar-refractivity contribution in [2.75, 3.05) is 13.7 Å². The highest BCUT2D eigenvalue weighted by atomic mass is 35.5. The Morgan fingerprint density at radius 1 is 1.03 bits per heavy atom. The molecule has 9 nitrogen and oxygen atoms in total. The van der Waals surface area contributed by atoms with E-state index in [9.17, 15) is 19.2 Å². The van der Waals surface area contributed by atoms with E-state index >= 15 is 0 Å². The molecule has 0 heterocycles. The number of amides is 4. The quantitative estimate of drug-likeness (QED) is 0.286. The Labute approximate surface area is 224 Å². The Morgan fingerprint density at radius 3 is 2.35 bits per heavy atom. The summed E-state index contributed by atoms with van der Waals surface area (Å²) in [5, 5.41) is 11.3. The fraction of sp³-hybridized carbons (Fsp3) is 0.630. The van der Waals surface area contributed by atoms with Crippen molar-refractivity contribution in [3.63, 3.8) is 0 Å². The Hall–Kier alpha value is -2.81. The van der Waals surface area contributed by atoms with Crippen LogP contribution in [0.1, 0.15) is 71.3 Å². The smallest absolute Gasteiger partial charge is 0.315 e. The minimum Gasteiger partial charge on any atom is -0.495 e. The number of ketones is 1. The summed E-state index contributed by atoms with van der Waals surface area (Å²) >= 11 is 6.11. The van der Waals surface area contributed by atoms with Gasteiger partial charge in [0.15, 0.2) is 0 Å². The molecule has 0 saturated heterocycles. The van der Waals surface area contributed by atoms with E-state index in [4.69, 9.17) is 16.3 Å². The first-order valence-corrected chi connectivity index (χ1v) is 13.5. The molecule has 0 aromatic heterocycles. The molecular formula is C27H41ClN4O5. The van der Waals surface area contributed by atoms with Gasteiger partial charge in [-0.1, -0.05) is 63.8 Å². The van der Waals surface area contributed by atoms with E-state index in [1.165, 1.54) is 26.4 Å². The molecule has 1 fully saturated rings. The van der Waals surface area contributed by atoms with Crippen molar-refractivity contribution in [2.45, 2.75) is 84.3 Å². The summed E-state index contributed by atoms with van der Waals surface area (Å²) in [7, 11) is 1.47. The third-order valence-electron chi connectivity index (χ3n) is 6.56. The van der Waals surface area contributed by atoms with Gasteiger partial charge >= 0.3 is 6.03 Å². The molecule has 1 unspecified atom stereocenters. The number of halogens is 1. The molecule has 2 atom stereocenters. The van der Waals surface area contributed by atoms with Gasteiger partial charge in [-0.05, 0) is 43.6 Å². The highest BCUT2D eigenvalue weighted by molar-refractivity contribution is 6.38. The molecule has 0 radical (unpaired) electrons. The average molecular weight is 537 g/mol. The number of Topliss-reactive ketones (excluding diaryl/α,β-unsaturated/α-hetero) is 1. The Balaban J connectivity index is 1.94. The number of nitrogens with one attached hydrogen (secondary N) is 4. The first kappa shape index (κ1) is 30.4. The van der Waals surface area contributed by atoms with Crippen molar-refractivity contribution in [3.8, 4) is 5.75 Å². The van der Waals surface area contributed by atoms with Gasteiger partial charge in [0, 0.05) is 18.7 Å². The second kappa shape index (κ2) is 15.4. The maximum Gasteiger partial charge on any atom is 0.315 e. The molecule has 4 amide bonds. The van der Waals surface area contributed by atoms with Crippen LogP contribution in [-0.2, 0) is 20.9 Å². The zero-order valence-electron chi connectivity index (χ0n) is 22.3. The Morgan fingerprint density at radius 2 is 1.73 bits per heavy atom. The summed E-state index contributed by atoms with van der Waals surface area (Å²) in [6, 6.07) is 2.87. The van der Waals surface area contributed by atoms with E-state index in [0.29, 0.717) is 35.2 Å². The largest absolute Gasteiger partial charge is 0.495 e. The second-order valence-corrected chi connectivity index (χ2v) is 10.4. The lowest BCUT2D eigenvalue weighted by atomic mass is 9.89. The molecule has 4 N–H and O–H groups in total. The van der Waals surface area contributed by atoms with Crippen LogP contribution in [0, 0.1) is 11.8 Å². The number of ether oxygens (including phenoxy) is 1. The SMILES string of the molecule is CCC(NC(=O)[C@H](CC(C)C)NC(=O)NCC1CCCCC1)C(=O)C(=O)NCc1cccc(Cl)c1OC. The molecule has 2 rings (SSSR count). The van der Waals surface area contributed by atoms with Gasteiger partial charge in [0.2, 0.25) is 11.7 Å². The first-order valence-electron chi connectivity index (χ1n) is 13.1. The number of rotatable bonds is 13. The molecule has 1 aromatic rings. The predicted octanol–water partition coefficient (Wildman–Crippen LogP) is 3.72. The monoisotopic (exact) mass is 536 g/mol. The Bertz CT molecular complexity index is 933. The minimum atomic E-state index is -1.02. The minimum absolute atomic E-state index is 0.0391. The van der Waals surface area contributed by atoms with Crippen molar-refractivity contribution >= 4 is 35.2 Å². The van der Waals surface area contributed by atoms with Crippen LogP contribution in [0.25, 0.3) is 0 Å². The number of benzene rings is 1. The number of carbonyl (C=O) groups is 4. The lowest BCUT2D eigenvalue weighted by Crippen LogP contribution is -2.55. The fourth-order valence-corrected chi connectivity index (χ4v) is 4.78. The lowest BCUT2D eigenvalue weighted by molar-refractivity contribution is -0.140.